The molecular formula is C16H23N3O5S. The summed E-state index contributed by atoms with van der Waals surface area (Å²) in [5.41, 5.74) is 0.991. The maximum Gasteiger partial charge on any atom is 0.325 e. The SMILES string of the molecule is Cc1ccc(S(=O)(=O)N2CCN(CC(=O)NC(C)C(=O)O)CC2)cc1. The second kappa shape index (κ2) is 7.94. The van der Waals surface area contributed by atoms with Gasteiger partial charge in [0, 0.05) is 26.2 Å². The van der Waals surface area contributed by atoms with Gasteiger partial charge in [-0.3, -0.25) is 14.5 Å². The van der Waals surface area contributed by atoms with Crippen molar-refractivity contribution in [3.05, 3.63) is 29.8 Å². The van der Waals surface area contributed by atoms with Crippen molar-refractivity contribution >= 4 is 21.9 Å². The molecule has 1 fully saturated rings. The molecule has 0 spiro atoms. The minimum absolute atomic E-state index is 0.0516. The van der Waals surface area contributed by atoms with Gasteiger partial charge >= 0.3 is 5.97 Å². The predicted molar refractivity (Wildman–Crippen MR) is 91.6 cm³/mol. The first-order chi connectivity index (χ1) is 11.7. The zero-order chi connectivity index (χ0) is 18.6. The summed E-state index contributed by atoms with van der Waals surface area (Å²) in [4.78, 5) is 24.6. The van der Waals surface area contributed by atoms with Crippen molar-refractivity contribution in [3.63, 3.8) is 0 Å². The van der Waals surface area contributed by atoms with Crippen LogP contribution in [-0.4, -0.2) is 73.4 Å². The van der Waals surface area contributed by atoms with Crippen molar-refractivity contribution in [3.8, 4) is 0 Å². The van der Waals surface area contributed by atoms with Gasteiger partial charge in [-0.1, -0.05) is 17.7 Å². The number of carboxylic acid groups (broad SMARTS) is 1. The first-order valence-corrected chi connectivity index (χ1v) is 9.45. The molecular weight excluding hydrogens is 346 g/mol. The van der Waals surface area contributed by atoms with Gasteiger partial charge in [-0.05, 0) is 26.0 Å². The number of carboxylic acids is 1. The van der Waals surface area contributed by atoms with Crippen LogP contribution in [0.5, 0.6) is 0 Å². The van der Waals surface area contributed by atoms with Crippen molar-refractivity contribution in [1.82, 2.24) is 14.5 Å². The fourth-order valence-corrected chi connectivity index (χ4v) is 3.96. The molecule has 1 atom stereocenters. The average molecular weight is 369 g/mol. The second-order valence-corrected chi connectivity index (χ2v) is 8.06. The molecule has 1 unspecified atom stereocenters. The van der Waals surface area contributed by atoms with Gasteiger partial charge in [0.1, 0.15) is 6.04 Å². The van der Waals surface area contributed by atoms with Crippen LogP contribution in [0.3, 0.4) is 0 Å². The van der Waals surface area contributed by atoms with Gasteiger partial charge in [0.25, 0.3) is 0 Å². The first-order valence-electron chi connectivity index (χ1n) is 8.01. The molecule has 25 heavy (non-hydrogen) atoms. The Morgan fingerprint density at radius 1 is 1.16 bits per heavy atom. The zero-order valence-corrected chi connectivity index (χ0v) is 15.1. The third-order valence-corrected chi connectivity index (χ3v) is 6.02. The molecule has 2 N–H and O–H groups in total. The third-order valence-electron chi connectivity index (χ3n) is 4.11. The van der Waals surface area contributed by atoms with Crippen LogP contribution < -0.4 is 5.32 Å². The summed E-state index contributed by atoms with van der Waals surface area (Å²) >= 11 is 0. The minimum Gasteiger partial charge on any atom is -0.480 e. The van der Waals surface area contributed by atoms with Gasteiger partial charge in [-0.25, -0.2) is 8.42 Å². The van der Waals surface area contributed by atoms with E-state index in [0.717, 1.165) is 5.56 Å². The molecule has 0 aromatic heterocycles. The van der Waals surface area contributed by atoms with E-state index >= 15 is 0 Å². The number of aliphatic carboxylic acids is 1. The maximum atomic E-state index is 12.6. The third kappa shape index (κ3) is 5.00. The summed E-state index contributed by atoms with van der Waals surface area (Å²) in [6.07, 6.45) is 0. The fourth-order valence-electron chi connectivity index (χ4n) is 2.54. The molecule has 1 aromatic rings. The van der Waals surface area contributed by atoms with Crippen LogP contribution in [0.2, 0.25) is 0 Å². The summed E-state index contributed by atoms with van der Waals surface area (Å²) in [5, 5.41) is 11.2. The molecule has 2 rings (SSSR count). The van der Waals surface area contributed by atoms with Crippen LogP contribution in [-0.2, 0) is 19.6 Å². The van der Waals surface area contributed by atoms with E-state index in [1.54, 1.807) is 24.3 Å². The Bertz CT molecular complexity index is 725. The number of hydrogen-bond donors (Lipinski definition) is 2. The second-order valence-electron chi connectivity index (χ2n) is 6.12. The van der Waals surface area contributed by atoms with Crippen molar-refractivity contribution in [2.45, 2.75) is 24.8 Å². The van der Waals surface area contributed by atoms with Crippen LogP contribution >= 0.6 is 0 Å². The number of nitrogens with zero attached hydrogens (tertiary/aromatic N) is 2. The first kappa shape index (κ1) is 19.4. The van der Waals surface area contributed by atoms with Crippen LogP contribution in [0, 0.1) is 6.92 Å². The lowest BCUT2D eigenvalue weighted by Crippen LogP contribution is -2.52. The maximum absolute atomic E-state index is 12.6. The van der Waals surface area contributed by atoms with E-state index in [1.807, 2.05) is 11.8 Å². The molecule has 1 saturated heterocycles. The van der Waals surface area contributed by atoms with E-state index < -0.39 is 22.0 Å². The molecule has 0 bridgehead atoms. The van der Waals surface area contributed by atoms with Gasteiger partial charge in [-0.15, -0.1) is 0 Å². The zero-order valence-electron chi connectivity index (χ0n) is 14.3. The minimum atomic E-state index is -3.53. The summed E-state index contributed by atoms with van der Waals surface area (Å²) in [6, 6.07) is 5.76. The number of carbonyl (C=O) groups is 2. The molecule has 0 saturated carbocycles. The monoisotopic (exact) mass is 369 g/mol. The molecule has 1 amide bonds. The molecule has 8 nitrogen and oxygen atoms in total. The highest BCUT2D eigenvalue weighted by molar-refractivity contribution is 7.89. The lowest BCUT2D eigenvalue weighted by molar-refractivity contribution is -0.141. The molecule has 1 aliphatic rings. The Hall–Kier alpha value is -1.97. The highest BCUT2D eigenvalue weighted by atomic mass is 32.2. The van der Waals surface area contributed by atoms with E-state index in [2.05, 4.69) is 5.32 Å². The average Bonchev–Trinajstić information content (AvgIpc) is 2.55. The molecule has 1 aromatic carbocycles. The smallest absolute Gasteiger partial charge is 0.325 e. The molecule has 1 aliphatic heterocycles. The largest absolute Gasteiger partial charge is 0.480 e. The van der Waals surface area contributed by atoms with Crippen molar-refractivity contribution in [1.29, 1.82) is 0 Å². The quantitative estimate of drug-likeness (QED) is 0.725. The highest BCUT2D eigenvalue weighted by Gasteiger charge is 2.29. The Labute approximate surface area is 147 Å². The Morgan fingerprint density at radius 2 is 1.72 bits per heavy atom. The topological polar surface area (TPSA) is 107 Å². The standard InChI is InChI=1S/C16H23N3O5S/c1-12-3-5-14(6-4-12)25(23,24)19-9-7-18(8-10-19)11-15(20)17-13(2)16(21)22/h3-6,13H,7-11H2,1-2H3,(H,17,20)(H,21,22). The van der Waals surface area contributed by atoms with E-state index in [4.69, 9.17) is 5.11 Å². The van der Waals surface area contributed by atoms with E-state index in [0.29, 0.717) is 13.1 Å². The Balaban J connectivity index is 1.90. The van der Waals surface area contributed by atoms with Crippen LogP contribution in [0.25, 0.3) is 0 Å². The number of rotatable bonds is 6. The van der Waals surface area contributed by atoms with Crippen LogP contribution in [0.4, 0.5) is 0 Å². The number of amides is 1. The number of hydrogen-bond acceptors (Lipinski definition) is 5. The van der Waals surface area contributed by atoms with Gasteiger partial charge < -0.3 is 10.4 Å². The van der Waals surface area contributed by atoms with Crippen molar-refractivity contribution < 1.29 is 23.1 Å². The van der Waals surface area contributed by atoms with Crippen molar-refractivity contribution in [2.75, 3.05) is 32.7 Å². The molecule has 1 heterocycles. The highest BCUT2D eigenvalue weighted by Crippen LogP contribution is 2.18. The lowest BCUT2D eigenvalue weighted by atomic mass is 10.2. The summed E-state index contributed by atoms with van der Waals surface area (Å²) in [6.45, 7) is 4.75. The fraction of sp³-hybridized carbons (Fsp3) is 0.500. The Morgan fingerprint density at radius 3 is 2.24 bits per heavy atom. The normalized spacial score (nSPS) is 17.8. The number of carbonyl (C=O) groups excluding carboxylic acids is 1. The Kier molecular flexibility index (Phi) is 6.15. The number of piperazine rings is 1. The molecule has 138 valence electrons. The molecule has 0 radical (unpaired) electrons. The van der Waals surface area contributed by atoms with Gasteiger partial charge in [0.2, 0.25) is 15.9 Å². The van der Waals surface area contributed by atoms with Crippen LogP contribution in [0.1, 0.15) is 12.5 Å². The number of aryl methyl sites for hydroxylation is 1. The van der Waals surface area contributed by atoms with E-state index in [1.165, 1.54) is 11.2 Å². The molecule has 9 heteroatoms. The van der Waals surface area contributed by atoms with E-state index in [9.17, 15) is 18.0 Å². The molecule has 0 aliphatic carbocycles. The predicted octanol–water partition coefficient (Wildman–Crippen LogP) is -0.109. The van der Waals surface area contributed by atoms with Gasteiger partial charge in [-0.2, -0.15) is 4.31 Å². The summed E-state index contributed by atoms with van der Waals surface area (Å²) in [5.74, 6) is -1.48. The summed E-state index contributed by atoms with van der Waals surface area (Å²) in [7, 11) is -3.53. The number of sulfonamides is 1. The van der Waals surface area contributed by atoms with Crippen molar-refractivity contribution in [2.24, 2.45) is 0 Å². The number of nitrogens with one attached hydrogen (secondary N) is 1. The van der Waals surface area contributed by atoms with Gasteiger partial charge in [0.15, 0.2) is 0 Å². The van der Waals surface area contributed by atoms with E-state index in [-0.39, 0.29) is 30.4 Å². The van der Waals surface area contributed by atoms with Crippen LogP contribution in [0.15, 0.2) is 29.2 Å². The van der Waals surface area contributed by atoms with Gasteiger partial charge in [0.05, 0.1) is 11.4 Å². The summed E-state index contributed by atoms with van der Waals surface area (Å²) < 4.78 is 26.6. The lowest BCUT2D eigenvalue weighted by Gasteiger charge is -2.33. The number of benzene rings is 1.